The fraction of sp³-hybridized carbons (Fsp3) is 0.214. The van der Waals surface area contributed by atoms with E-state index in [9.17, 15) is 9.59 Å². The van der Waals surface area contributed by atoms with Crippen molar-refractivity contribution in [2.24, 2.45) is 14.1 Å². The van der Waals surface area contributed by atoms with Crippen LogP contribution in [0.15, 0.2) is 22.8 Å². The van der Waals surface area contributed by atoms with Gasteiger partial charge in [-0.3, -0.25) is 25.1 Å². The van der Waals surface area contributed by atoms with Crippen LogP contribution in [0, 0.1) is 6.92 Å². The second kappa shape index (κ2) is 5.82. The van der Waals surface area contributed by atoms with Crippen LogP contribution >= 0.6 is 27.3 Å². The number of thiophene rings is 1. The van der Waals surface area contributed by atoms with Gasteiger partial charge in [0.15, 0.2) is 0 Å². The number of carbonyl (C=O) groups excluding carboxylic acids is 2. The maximum atomic E-state index is 12.2. The molecule has 0 aromatic carbocycles. The highest BCUT2D eigenvalue weighted by Gasteiger charge is 2.17. The first-order valence-electron chi connectivity index (χ1n) is 6.72. The van der Waals surface area contributed by atoms with Gasteiger partial charge in [0.1, 0.15) is 10.5 Å². The number of aryl methyl sites for hydroxylation is 3. The summed E-state index contributed by atoms with van der Waals surface area (Å²) in [6, 6.07) is 3.46. The van der Waals surface area contributed by atoms with Gasteiger partial charge < -0.3 is 4.57 Å². The van der Waals surface area contributed by atoms with Crippen LogP contribution in [-0.4, -0.2) is 26.2 Å². The van der Waals surface area contributed by atoms with Crippen molar-refractivity contribution in [1.82, 2.24) is 25.2 Å². The Morgan fingerprint density at radius 2 is 1.91 bits per heavy atom. The quantitative estimate of drug-likeness (QED) is 0.652. The molecule has 23 heavy (non-hydrogen) atoms. The van der Waals surface area contributed by atoms with Crippen molar-refractivity contribution in [3.63, 3.8) is 0 Å². The van der Waals surface area contributed by atoms with Gasteiger partial charge in [-0.15, -0.1) is 11.3 Å². The van der Waals surface area contributed by atoms with Gasteiger partial charge in [0.05, 0.1) is 10.6 Å². The molecular formula is C14H14BrN5O2S. The van der Waals surface area contributed by atoms with E-state index in [1.165, 1.54) is 11.3 Å². The number of fused-ring (bicyclic) bond motifs is 1. The van der Waals surface area contributed by atoms with Crippen molar-refractivity contribution in [2.45, 2.75) is 6.92 Å². The molecule has 2 N–H and O–H groups in total. The Bertz CT molecular complexity index is 889. The van der Waals surface area contributed by atoms with Crippen molar-refractivity contribution < 1.29 is 9.59 Å². The molecule has 0 bridgehead atoms. The number of rotatable bonds is 2. The van der Waals surface area contributed by atoms with Crippen LogP contribution in [0.2, 0.25) is 0 Å². The van der Waals surface area contributed by atoms with E-state index in [0.717, 1.165) is 20.4 Å². The maximum absolute atomic E-state index is 12.2. The molecule has 0 fully saturated rings. The van der Waals surface area contributed by atoms with E-state index >= 15 is 0 Å². The Morgan fingerprint density at radius 3 is 2.52 bits per heavy atom. The Labute approximate surface area is 144 Å². The van der Waals surface area contributed by atoms with Crippen LogP contribution in [0.4, 0.5) is 0 Å². The largest absolute Gasteiger partial charge is 0.345 e. The Kier molecular flexibility index (Phi) is 3.99. The van der Waals surface area contributed by atoms with Crippen molar-refractivity contribution in [1.29, 1.82) is 0 Å². The zero-order chi connectivity index (χ0) is 16.7. The second-order valence-corrected chi connectivity index (χ2v) is 7.05. The average molecular weight is 396 g/mol. The number of hydrazine groups is 1. The monoisotopic (exact) mass is 395 g/mol. The topological polar surface area (TPSA) is 81.0 Å². The van der Waals surface area contributed by atoms with E-state index in [2.05, 4.69) is 31.9 Å². The normalized spacial score (nSPS) is 11.0. The molecule has 0 saturated carbocycles. The number of amides is 2. The van der Waals surface area contributed by atoms with Gasteiger partial charge in [-0.2, -0.15) is 5.10 Å². The van der Waals surface area contributed by atoms with E-state index in [-0.39, 0.29) is 11.8 Å². The van der Waals surface area contributed by atoms with E-state index in [1.54, 1.807) is 34.6 Å². The highest BCUT2D eigenvalue weighted by atomic mass is 79.9. The number of hydrogen-bond donors (Lipinski definition) is 2. The van der Waals surface area contributed by atoms with Gasteiger partial charge in [-0.25, -0.2) is 0 Å². The molecule has 3 rings (SSSR count). The zero-order valence-corrected chi connectivity index (χ0v) is 15.1. The number of hydrogen-bond acceptors (Lipinski definition) is 4. The molecule has 0 aliphatic carbocycles. The van der Waals surface area contributed by atoms with E-state index in [4.69, 9.17) is 0 Å². The zero-order valence-electron chi connectivity index (χ0n) is 12.7. The van der Waals surface area contributed by atoms with Crippen LogP contribution in [0.5, 0.6) is 0 Å². The molecule has 0 aliphatic rings. The molecule has 2 amide bonds. The standard InChI is InChI=1S/C14H14BrN5O2S/c1-7-9-5-11(23-14(9)20(3)18-7)13(22)17-16-12(21)10-4-8(15)6-19(10)2/h4-6H,1-3H3,(H,16,21)(H,17,22). The third kappa shape index (κ3) is 2.89. The molecule has 0 unspecified atom stereocenters. The van der Waals surface area contributed by atoms with Gasteiger partial charge in [0.25, 0.3) is 11.8 Å². The minimum atomic E-state index is -0.384. The lowest BCUT2D eigenvalue weighted by Crippen LogP contribution is -2.41. The first-order chi connectivity index (χ1) is 10.9. The molecule has 3 aromatic rings. The van der Waals surface area contributed by atoms with Crippen LogP contribution in [0.3, 0.4) is 0 Å². The summed E-state index contributed by atoms with van der Waals surface area (Å²) in [5.41, 5.74) is 6.17. The summed E-state index contributed by atoms with van der Waals surface area (Å²) in [4.78, 5) is 25.7. The fourth-order valence-corrected chi connectivity index (χ4v) is 3.85. The lowest BCUT2D eigenvalue weighted by atomic mass is 10.3. The van der Waals surface area contributed by atoms with E-state index in [0.29, 0.717) is 10.6 Å². The van der Waals surface area contributed by atoms with Crippen LogP contribution in [0.25, 0.3) is 10.2 Å². The van der Waals surface area contributed by atoms with Crippen LogP contribution in [0.1, 0.15) is 25.9 Å². The van der Waals surface area contributed by atoms with Gasteiger partial charge in [-0.1, -0.05) is 0 Å². The number of nitrogens with zero attached hydrogens (tertiary/aromatic N) is 3. The lowest BCUT2D eigenvalue weighted by molar-refractivity contribution is 0.0844. The smallest absolute Gasteiger partial charge is 0.286 e. The molecule has 3 aromatic heterocycles. The van der Waals surface area contributed by atoms with Crippen molar-refractivity contribution in [3.8, 4) is 0 Å². The minimum absolute atomic E-state index is 0.354. The number of aromatic nitrogens is 3. The summed E-state index contributed by atoms with van der Waals surface area (Å²) in [6.45, 7) is 1.89. The summed E-state index contributed by atoms with van der Waals surface area (Å²) in [5, 5.41) is 5.24. The molecule has 120 valence electrons. The average Bonchev–Trinajstić information content (AvgIpc) is 3.13. The molecule has 0 saturated heterocycles. The molecule has 3 heterocycles. The number of carbonyl (C=O) groups is 2. The van der Waals surface area contributed by atoms with Gasteiger partial charge in [0, 0.05) is 30.2 Å². The first-order valence-corrected chi connectivity index (χ1v) is 8.33. The summed E-state index contributed by atoms with van der Waals surface area (Å²) < 4.78 is 4.20. The SMILES string of the molecule is Cc1nn(C)c2sc(C(=O)NNC(=O)c3cc(Br)cn3C)cc12. The molecule has 0 radical (unpaired) electrons. The summed E-state index contributed by atoms with van der Waals surface area (Å²) in [7, 11) is 3.59. The number of nitrogens with one attached hydrogen (secondary N) is 2. The highest BCUT2D eigenvalue weighted by Crippen LogP contribution is 2.27. The summed E-state index contributed by atoms with van der Waals surface area (Å²) in [6.07, 6.45) is 1.76. The Hall–Kier alpha value is -2.13. The van der Waals surface area contributed by atoms with Crippen molar-refractivity contribution in [3.05, 3.63) is 39.1 Å². The third-order valence-electron chi connectivity index (χ3n) is 3.41. The summed E-state index contributed by atoms with van der Waals surface area (Å²) in [5.74, 6) is -0.738. The lowest BCUT2D eigenvalue weighted by Gasteiger charge is -2.06. The maximum Gasteiger partial charge on any atom is 0.286 e. The van der Waals surface area contributed by atoms with Gasteiger partial charge in [0.2, 0.25) is 0 Å². The van der Waals surface area contributed by atoms with Crippen LogP contribution in [-0.2, 0) is 14.1 Å². The molecule has 7 nitrogen and oxygen atoms in total. The van der Waals surface area contributed by atoms with Crippen LogP contribution < -0.4 is 10.9 Å². The van der Waals surface area contributed by atoms with Crippen molar-refractivity contribution >= 4 is 49.3 Å². The number of halogens is 1. The van der Waals surface area contributed by atoms with Gasteiger partial charge in [-0.05, 0) is 35.0 Å². The second-order valence-electron chi connectivity index (χ2n) is 5.10. The third-order valence-corrected chi connectivity index (χ3v) is 5.05. The Morgan fingerprint density at radius 1 is 1.22 bits per heavy atom. The highest BCUT2D eigenvalue weighted by molar-refractivity contribution is 9.10. The fourth-order valence-electron chi connectivity index (χ4n) is 2.31. The minimum Gasteiger partial charge on any atom is -0.345 e. The molecule has 0 aliphatic heterocycles. The molecule has 0 spiro atoms. The van der Waals surface area contributed by atoms with Gasteiger partial charge >= 0.3 is 0 Å². The first kappa shape index (κ1) is 15.8. The predicted octanol–water partition coefficient (Wildman–Crippen LogP) is 2.12. The van der Waals surface area contributed by atoms with E-state index in [1.807, 2.05) is 14.0 Å². The summed E-state index contributed by atoms with van der Waals surface area (Å²) >= 11 is 4.63. The Balaban J connectivity index is 1.72. The molecular weight excluding hydrogens is 382 g/mol. The molecule has 9 heteroatoms. The van der Waals surface area contributed by atoms with E-state index < -0.39 is 0 Å². The van der Waals surface area contributed by atoms with Crippen molar-refractivity contribution in [2.75, 3.05) is 0 Å². The predicted molar refractivity (Wildman–Crippen MR) is 91.4 cm³/mol. The molecule has 0 atom stereocenters.